The number of nitrogens with one attached hydrogen (secondary N) is 1. The van der Waals surface area contributed by atoms with Gasteiger partial charge in [-0.05, 0) is 58.2 Å². The van der Waals surface area contributed by atoms with Gasteiger partial charge in [0.2, 0.25) is 0 Å². The summed E-state index contributed by atoms with van der Waals surface area (Å²) in [6.07, 6.45) is 0.924. The van der Waals surface area contributed by atoms with E-state index < -0.39 is 17.8 Å². The molecule has 1 aliphatic carbocycles. The quantitative estimate of drug-likeness (QED) is 0.883. The van der Waals surface area contributed by atoms with Crippen LogP contribution in [0.5, 0.6) is 0 Å². The Morgan fingerprint density at radius 3 is 2.52 bits per heavy atom. The van der Waals surface area contributed by atoms with Crippen molar-refractivity contribution in [2.45, 2.75) is 57.7 Å². The van der Waals surface area contributed by atoms with Crippen LogP contribution in [0, 0.1) is 0 Å². The highest BCUT2D eigenvalue weighted by Gasteiger charge is 2.48. The van der Waals surface area contributed by atoms with Crippen molar-refractivity contribution in [3.05, 3.63) is 28.8 Å². The average Bonchev–Trinajstić information content (AvgIpc) is 3.10. The standard InChI is InChI=1S/C16H22ClNO3/c1-10(19)16(7-8-16)11-5-6-12(17)13(9-11)18-14(20)21-15(2,3)4/h5-6,9-10,19H,7-8H2,1-4H3,(H,18,20). The number of carbonyl (C=O) groups excluding carboxylic acids is 1. The molecule has 2 N–H and O–H groups in total. The van der Waals surface area contributed by atoms with Crippen LogP contribution in [0.2, 0.25) is 5.02 Å². The summed E-state index contributed by atoms with van der Waals surface area (Å²) in [6, 6.07) is 5.47. The van der Waals surface area contributed by atoms with E-state index >= 15 is 0 Å². The van der Waals surface area contributed by atoms with Gasteiger partial charge in [-0.3, -0.25) is 5.32 Å². The fourth-order valence-electron chi connectivity index (χ4n) is 2.43. The van der Waals surface area contributed by atoms with Crippen LogP contribution in [0.3, 0.4) is 0 Å². The maximum Gasteiger partial charge on any atom is 0.412 e. The Morgan fingerprint density at radius 1 is 1.43 bits per heavy atom. The SMILES string of the molecule is CC(O)C1(c2ccc(Cl)c(NC(=O)OC(C)(C)C)c2)CC1. The Bertz CT molecular complexity index is 545. The third-order valence-electron chi connectivity index (χ3n) is 3.77. The molecule has 0 heterocycles. The highest BCUT2D eigenvalue weighted by molar-refractivity contribution is 6.33. The molecule has 1 aromatic rings. The number of ether oxygens (including phenoxy) is 1. The molecule has 1 fully saturated rings. The summed E-state index contributed by atoms with van der Waals surface area (Å²) in [5.41, 5.74) is 0.740. The molecule has 1 unspecified atom stereocenters. The lowest BCUT2D eigenvalue weighted by Gasteiger charge is -2.22. The summed E-state index contributed by atoms with van der Waals surface area (Å²) in [5.74, 6) is 0. The molecule has 2 rings (SSSR count). The second kappa shape index (κ2) is 5.50. The molecule has 1 amide bonds. The van der Waals surface area contributed by atoms with E-state index in [1.54, 1.807) is 33.8 Å². The Balaban J connectivity index is 2.19. The molecule has 21 heavy (non-hydrogen) atoms. The number of hydrogen-bond donors (Lipinski definition) is 2. The lowest BCUT2D eigenvalue weighted by atomic mass is 9.90. The number of hydrogen-bond acceptors (Lipinski definition) is 3. The summed E-state index contributed by atoms with van der Waals surface area (Å²) in [4.78, 5) is 11.8. The van der Waals surface area contributed by atoms with Crippen LogP contribution in [-0.2, 0) is 10.2 Å². The number of carbonyl (C=O) groups is 1. The van der Waals surface area contributed by atoms with Gasteiger partial charge < -0.3 is 9.84 Å². The first kappa shape index (κ1) is 16.1. The molecule has 0 aliphatic heterocycles. The van der Waals surface area contributed by atoms with Gasteiger partial charge in [-0.25, -0.2) is 4.79 Å². The zero-order valence-electron chi connectivity index (χ0n) is 12.9. The first-order valence-corrected chi connectivity index (χ1v) is 7.50. The minimum Gasteiger partial charge on any atom is -0.444 e. The van der Waals surface area contributed by atoms with Gasteiger partial charge in [-0.1, -0.05) is 17.7 Å². The number of rotatable bonds is 3. The van der Waals surface area contributed by atoms with Crippen LogP contribution in [0.1, 0.15) is 46.1 Å². The van der Waals surface area contributed by atoms with Crippen molar-refractivity contribution in [2.24, 2.45) is 0 Å². The van der Waals surface area contributed by atoms with Gasteiger partial charge in [0.05, 0.1) is 16.8 Å². The summed E-state index contributed by atoms with van der Waals surface area (Å²) in [5, 5.41) is 13.1. The lowest BCUT2D eigenvalue weighted by Crippen LogP contribution is -2.27. The predicted octanol–water partition coefficient (Wildman–Crippen LogP) is 4.10. The molecule has 5 heteroatoms. The summed E-state index contributed by atoms with van der Waals surface area (Å²) in [7, 11) is 0. The highest BCUT2D eigenvalue weighted by Crippen LogP contribution is 2.51. The summed E-state index contributed by atoms with van der Waals surface area (Å²) in [6.45, 7) is 7.20. The number of benzene rings is 1. The Hall–Kier alpha value is -1.26. The van der Waals surface area contributed by atoms with Gasteiger partial charge in [-0.15, -0.1) is 0 Å². The van der Waals surface area contributed by atoms with E-state index in [0.717, 1.165) is 18.4 Å². The van der Waals surface area contributed by atoms with Crippen LogP contribution in [0.4, 0.5) is 10.5 Å². The van der Waals surface area contributed by atoms with E-state index in [-0.39, 0.29) is 5.41 Å². The van der Waals surface area contributed by atoms with Crippen molar-refractivity contribution >= 4 is 23.4 Å². The molecule has 0 spiro atoms. The summed E-state index contributed by atoms with van der Waals surface area (Å²) < 4.78 is 5.23. The second-order valence-corrected chi connectivity index (χ2v) is 7.06. The smallest absolute Gasteiger partial charge is 0.412 e. The third-order valence-corrected chi connectivity index (χ3v) is 4.09. The maximum absolute atomic E-state index is 11.8. The van der Waals surface area contributed by atoms with Gasteiger partial charge in [-0.2, -0.15) is 0 Å². The van der Waals surface area contributed by atoms with Crippen molar-refractivity contribution in [3.63, 3.8) is 0 Å². The van der Waals surface area contributed by atoms with Crippen molar-refractivity contribution in [3.8, 4) is 0 Å². The first-order chi connectivity index (χ1) is 9.64. The van der Waals surface area contributed by atoms with Gasteiger partial charge in [0.1, 0.15) is 5.60 Å². The number of aliphatic hydroxyl groups is 1. The molecule has 1 aromatic carbocycles. The fraction of sp³-hybridized carbons (Fsp3) is 0.562. The van der Waals surface area contributed by atoms with Crippen molar-refractivity contribution in [1.82, 2.24) is 0 Å². The zero-order valence-corrected chi connectivity index (χ0v) is 13.6. The second-order valence-electron chi connectivity index (χ2n) is 6.65. The highest BCUT2D eigenvalue weighted by atomic mass is 35.5. The Morgan fingerprint density at radius 2 is 2.05 bits per heavy atom. The van der Waals surface area contributed by atoms with Crippen molar-refractivity contribution in [2.75, 3.05) is 5.32 Å². The van der Waals surface area contributed by atoms with Gasteiger partial charge in [0.15, 0.2) is 0 Å². The van der Waals surface area contributed by atoms with Crippen molar-refractivity contribution < 1.29 is 14.6 Å². The molecule has 0 aromatic heterocycles. The van der Waals surface area contributed by atoms with Crippen LogP contribution < -0.4 is 5.32 Å². The molecular weight excluding hydrogens is 290 g/mol. The largest absolute Gasteiger partial charge is 0.444 e. The van der Waals surface area contributed by atoms with Gasteiger partial charge >= 0.3 is 6.09 Å². The molecule has 1 aliphatic rings. The van der Waals surface area contributed by atoms with E-state index in [9.17, 15) is 9.90 Å². The van der Waals surface area contributed by atoms with E-state index in [4.69, 9.17) is 16.3 Å². The van der Waals surface area contributed by atoms with Gasteiger partial charge in [0, 0.05) is 5.41 Å². The summed E-state index contributed by atoms with van der Waals surface area (Å²) >= 11 is 6.13. The zero-order chi connectivity index (χ0) is 15.8. The molecule has 0 radical (unpaired) electrons. The van der Waals surface area contributed by atoms with Crippen LogP contribution in [-0.4, -0.2) is 22.9 Å². The average molecular weight is 312 g/mol. The van der Waals surface area contributed by atoms with E-state index in [0.29, 0.717) is 10.7 Å². The molecule has 4 nitrogen and oxygen atoms in total. The number of halogens is 1. The third kappa shape index (κ3) is 3.69. The predicted molar refractivity (Wildman–Crippen MR) is 83.9 cm³/mol. The normalized spacial score (nSPS) is 18.0. The van der Waals surface area contributed by atoms with E-state index in [1.165, 1.54) is 0 Å². The van der Waals surface area contributed by atoms with Crippen LogP contribution >= 0.6 is 11.6 Å². The minimum atomic E-state index is -0.564. The molecule has 1 saturated carbocycles. The number of aliphatic hydroxyl groups excluding tert-OH is 1. The maximum atomic E-state index is 11.8. The molecule has 116 valence electrons. The van der Waals surface area contributed by atoms with Crippen molar-refractivity contribution in [1.29, 1.82) is 0 Å². The topological polar surface area (TPSA) is 58.6 Å². The van der Waals surface area contributed by atoms with E-state index in [1.807, 2.05) is 12.1 Å². The molecule has 0 bridgehead atoms. The number of amides is 1. The fourth-order valence-corrected chi connectivity index (χ4v) is 2.59. The van der Waals surface area contributed by atoms with Crippen LogP contribution in [0.15, 0.2) is 18.2 Å². The van der Waals surface area contributed by atoms with E-state index in [2.05, 4.69) is 5.32 Å². The molecule has 0 saturated heterocycles. The lowest BCUT2D eigenvalue weighted by molar-refractivity contribution is 0.0636. The van der Waals surface area contributed by atoms with Crippen LogP contribution in [0.25, 0.3) is 0 Å². The Kier molecular flexibility index (Phi) is 4.22. The minimum absolute atomic E-state index is 0.199. The monoisotopic (exact) mass is 311 g/mol. The Labute approximate surface area is 130 Å². The molecular formula is C16H22ClNO3. The number of anilines is 1. The first-order valence-electron chi connectivity index (χ1n) is 7.12. The molecule has 1 atom stereocenters. The van der Waals surface area contributed by atoms with Gasteiger partial charge in [0.25, 0.3) is 0 Å².